The van der Waals surface area contributed by atoms with Crippen LogP contribution < -0.4 is 4.74 Å². The van der Waals surface area contributed by atoms with Gasteiger partial charge in [-0.3, -0.25) is 9.59 Å². The van der Waals surface area contributed by atoms with E-state index in [-0.39, 0.29) is 5.78 Å². The number of esters is 1. The molecule has 0 N–H and O–H groups in total. The van der Waals surface area contributed by atoms with Gasteiger partial charge in [0.1, 0.15) is 17.5 Å². The van der Waals surface area contributed by atoms with Crippen LogP contribution in [0.2, 0.25) is 0 Å². The van der Waals surface area contributed by atoms with Crippen molar-refractivity contribution in [3.05, 3.63) is 42.0 Å². The van der Waals surface area contributed by atoms with Crippen molar-refractivity contribution in [3.8, 4) is 5.75 Å². The number of carbonyl (C=O) groups excluding carboxylic acids is 2. The number of Topliss-reactive ketones (excluding diaryl/α,β-unsaturated/α-hetero) is 1. The maximum absolute atomic E-state index is 11.7. The predicted molar refractivity (Wildman–Crippen MR) is 67.5 cm³/mol. The molecule has 1 atom stereocenters. The number of benzene rings is 2. The fourth-order valence-electron chi connectivity index (χ4n) is 2.40. The zero-order valence-corrected chi connectivity index (χ0v) is 9.97. The lowest BCUT2D eigenvalue weighted by atomic mass is 9.90. The molecule has 3 heteroatoms. The molecule has 0 fully saturated rings. The van der Waals surface area contributed by atoms with Crippen LogP contribution in [-0.2, 0) is 16.0 Å². The van der Waals surface area contributed by atoms with E-state index in [9.17, 15) is 9.59 Å². The summed E-state index contributed by atoms with van der Waals surface area (Å²) in [7, 11) is 0. The molecule has 0 saturated heterocycles. The monoisotopic (exact) mass is 240 g/mol. The van der Waals surface area contributed by atoms with E-state index in [1.54, 1.807) is 6.07 Å². The van der Waals surface area contributed by atoms with Gasteiger partial charge in [-0.1, -0.05) is 30.3 Å². The molecule has 0 radical (unpaired) electrons. The van der Waals surface area contributed by atoms with Crippen molar-refractivity contribution in [1.29, 1.82) is 0 Å². The van der Waals surface area contributed by atoms with Crippen LogP contribution in [0.4, 0.5) is 0 Å². The lowest BCUT2D eigenvalue weighted by molar-refractivity contribution is -0.144. The second-order valence-electron chi connectivity index (χ2n) is 4.55. The average Bonchev–Trinajstić information content (AvgIpc) is 2.37. The maximum atomic E-state index is 11.7. The Morgan fingerprint density at radius 1 is 1.22 bits per heavy atom. The first kappa shape index (κ1) is 11.0. The summed E-state index contributed by atoms with van der Waals surface area (Å²) in [4.78, 5) is 23.1. The van der Waals surface area contributed by atoms with Crippen LogP contribution >= 0.6 is 0 Å². The zero-order chi connectivity index (χ0) is 12.7. The quantitative estimate of drug-likeness (QED) is 0.437. The summed E-state index contributed by atoms with van der Waals surface area (Å²) in [5, 5.41) is 2.14. The molecule has 1 aliphatic heterocycles. The number of ketones is 1. The van der Waals surface area contributed by atoms with Crippen molar-refractivity contribution in [2.75, 3.05) is 0 Å². The minimum Gasteiger partial charge on any atom is -0.426 e. The van der Waals surface area contributed by atoms with Gasteiger partial charge in [0, 0.05) is 5.56 Å². The normalized spacial score (nSPS) is 18.3. The highest BCUT2D eigenvalue weighted by atomic mass is 16.5. The Morgan fingerprint density at radius 2 is 2.00 bits per heavy atom. The number of hydrogen-bond acceptors (Lipinski definition) is 3. The number of hydrogen-bond donors (Lipinski definition) is 0. The summed E-state index contributed by atoms with van der Waals surface area (Å²) in [5.41, 5.74) is 0.952. The summed E-state index contributed by atoms with van der Waals surface area (Å²) in [5.74, 6) is -0.664. The van der Waals surface area contributed by atoms with Crippen LogP contribution in [0.15, 0.2) is 36.4 Å². The lowest BCUT2D eigenvalue weighted by Gasteiger charge is -2.22. The highest BCUT2D eigenvalue weighted by Crippen LogP contribution is 2.34. The minimum atomic E-state index is -0.664. The first-order valence-electron chi connectivity index (χ1n) is 5.89. The first-order valence-corrected chi connectivity index (χ1v) is 5.89. The first-order chi connectivity index (χ1) is 8.66. The van der Waals surface area contributed by atoms with Crippen LogP contribution in [0.25, 0.3) is 10.8 Å². The molecule has 3 rings (SSSR count). The van der Waals surface area contributed by atoms with Gasteiger partial charge in [-0.05, 0) is 30.2 Å². The molecule has 0 amide bonds. The van der Waals surface area contributed by atoms with Gasteiger partial charge in [-0.25, -0.2) is 0 Å². The average molecular weight is 240 g/mol. The van der Waals surface area contributed by atoms with Gasteiger partial charge in [0.2, 0.25) is 0 Å². The molecule has 0 bridgehead atoms. The van der Waals surface area contributed by atoms with Crippen LogP contribution in [-0.4, -0.2) is 11.8 Å². The van der Waals surface area contributed by atoms with E-state index in [2.05, 4.69) is 0 Å². The fraction of sp³-hybridized carbons (Fsp3) is 0.200. The minimum absolute atomic E-state index is 0.140. The summed E-state index contributed by atoms with van der Waals surface area (Å²) >= 11 is 0. The van der Waals surface area contributed by atoms with Crippen molar-refractivity contribution >= 4 is 22.5 Å². The zero-order valence-electron chi connectivity index (χ0n) is 9.97. The van der Waals surface area contributed by atoms with Gasteiger partial charge in [0.15, 0.2) is 0 Å². The molecule has 3 nitrogen and oxygen atoms in total. The molecule has 0 saturated carbocycles. The Bertz CT molecular complexity index is 658. The van der Waals surface area contributed by atoms with Gasteiger partial charge in [-0.15, -0.1) is 0 Å². The third-order valence-electron chi connectivity index (χ3n) is 3.39. The summed E-state index contributed by atoms with van der Waals surface area (Å²) < 4.78 is 5.25. The van der Waals surface area contributed by atoms with Gasteiger partial charge < -0.3 is 4.74 Å². The van der Waals surface area contributed by atoms with E-state index in [4.69, 9.17) is 4.74 Å². The second-order valence-corrected chi connectivity index (χ2v) is 4.55. The second kappa shape index (κ2) is 3.95. The van der Waals surface area contributed by atoms with Crippen molar-refractivity contribution in [2.24, 2.45) is 5.92 Å². The molecule has 1 heterocycles. The Hall–Kier alpha value is -2.16. The molecule has 0 aliphatic carbocycles. The smallest absolute Gasteiger partial charge is 0.322 e. The number of rotatable bonds is 1. The number of carbonyl (C=O) groups is 2. The third kappa shape index (κ3) is 1.59. The predicted octanol–water partition coefficient (Wildman–Crippen LogP) is 2.51. The summed E-state index contributed by atoms with van der Waals surface area (Å²) in [6, 6.07) is 11.6. The topological polar surface area (TPSA) is 43.4 Å². The lowest BCUT2D eigenvalue weighted by Crippen LogP contribution is -2.32. The van der Waals surface area contributed by atoms with Crippen LogP contribution in [0.5, 0.6) is 5.75 Å². The molecule has 90 valence electrons. The molecule has 1 aliphatic rings. The van der Waals surface area contributed by atoms with E-state index in [0.29, 0.717) is 12.2 Å². The highest BCUT2D eigenvalue weighted by Gasteiger charge is 2.32. The Kier molecular flexibility index (Phi) is 2.40. The third-order valence-corrected chi connectivity index (χ3v) is 3.39. The van der Waals surface area contributed by atoms with Crippen LogP contribution in [0.3, 0.4) is 0 Å². The van der Waals surface area contributed by atoms with Crippen molar-refractivity contribution in [2.45, 2.75) is 13.3 Å². The Morgan fingerprint density at radius 3 is 2.78 bits per heavy atom. The van der Waals surface area contributed by atoms with Gasteiger partial charge in [0.05, 0.1) is 0 Å². The van der Waals surface area contributed by atoms with Gasteiger partial charge in [-0.2, -0.15) is 0 Å². The van der Waals surface area contributed by atoms with Gasteiger partial charge >= 0.3 is 5.97 Å². The molecule has 0 aromatic heterocycles. The molecular formula is C15H12O3. The highest BCUT2D eigenvalue weighted by molar-refractivity contribution is 6.01. The molecule has 18 heavy (non-hydrogen) atoms. The maximum Gasteiger partial charge on any atom is 0.322 e. The van der Waals surface area contributed by atoms with E-state index in [0.717, 1.165) is 16.3 Å². The van der Waals surface area contributed by atoms with E-state index in [1.807, 2.05) is 30.3 Å². The van der Waals surface area contributed by atoms with Crippen LogP contribution in [0.1, 0.15) is 12.5 Å². The van der Waals surface area contributed by atoms with Crippen molar-refractivity contribution < 1.29 is 14.3 Å². The Balaban J connectivity index is 2.19. The molecule has 1 unspecified atom stereocenters. The largest absolute Gasteiger partial charge is 0.426 e. The molecule has 2 aromatic carbocycles. The van der Waals surface area contributed by atoms with Crippen molar-refractivity contribution in [3.63, 3.8) is 0 Å². The molecular weight excluding hydrogens is 228 g/mol. The fourth-order valence-corrected chi connectivity index (χ4v) is 2.40. The van der Waals surface area contributed by atoms with Crippen LogP contribution in [0, 0.1) is 5.92 Å². The van der Waals surface area contributed by atoms with E-state index in [1.165, 1.54) is 6.92 Å². The number of fused-ring (bicyclic) bond motifs is 3. The molecule has 0 spiro atoms. The summed E-state index contributed by atoms with van der Waals surface area (Å²) in [6.45, 7) is 1.43. The molecule has 2 aromatic rings. The van der Waals surface area contributed by atoms with E-state index < -0.39 is 11.9 Å². The SMILES string of the molecule is CC(=O)C1Cc2c(ccc3ccccc23)OC1=O. The summed E-state index contributed by atoms with van der Waals surface area (Å²) in [6.07, 6.45) is 0.435. The van der Waals surface area contributed by atoms with Crippen molar-refractivity contribution in [1.82, 2.24) is 0 Å². The standard InChI is InChI=1S/C15H12O3/c1-9(16)12-8-13-11-5-3-2-4-10(11)6-7-14(13)18-15(12)17/h2-7,12H,8H2,1H3. The van der Waals surface area contributed by atoms with Gasteiger partial charge in [0.25, 0.3) is 0 Å². The number of ether oxygens (including phenoxy) is 1. The Labute approximate surface area is 104 Å². The van der Waals surface area contributed by atoms with E-state index >= 15 is 0 Å².